The van der Waals surface area contributed by atoms with Gasteiger partial charge in [-0.05, 0) is 11.6 Å². The van der Waals surface area contributed by atoms with Crippen molar-refractivity contribution in [3.05, 3.63) is 17.4 Å². The van der Waals surface area contributed by atoms with Crippen molar-refractivity contribution in [1.29, 1.82) is 0 Å². The molecule has 0 radical (unpaired) electrons. The first-order chi connectivity index (χ1) is 6.09. The van der Waals surface area contributed by atoms with Crippen LogP contribution in [0, 0.1) is 0 Å². The van der Waals surface area contributed by atoms with Crippen molar-refractivity contribution in [2.75, 3.05) is 0 Å². The molecule has 2 rings (SSSR count). The van der Waals surface area contributed by atoms with Crippen molar-refractivity contribution in [3.8, 4) is 11.5 Å². The van der Waals surface area contributed by atoms with Gasteiger partial charge in [-0.1, -0.05) is 0 Å². The highest BCUT2D eigenvalue weighted by Gasteiger charge is 2.09. The molecule has 0 amide bonds. The number of hydrogen-bond donors (Lipinski definition) is 2. The summed E-state index contributed by atoms with van der Waals surface area (Å²) in [6.07, 6.45) is 0. The molecule has 0 aliphatic carbocycles. The van der Waals surface area contributed by atoms with Crippen molar-refractivity contribution < 1.29 is 10.2 Å². The highest BCUT2D eigenvalue weighted by molar-refractivity contribution is 6.29. The van der Waals surface area contributed by atoms with Gasteiger partial charge < -0.3 is 14.8 Å². The number of nitrogens with zero attached hydrogens (tertiary/aromatic N) is 2. The maximum absolute atomic E-state index is 9.22. The summed E-state index contributed by atoms with van der Waals surface area (Å²) in [5.74, 6) is -0.366. The number of fused-ring (bicyclic) bond motifs is 1. The molecule has 2 N–H and O–H groups in total. The van der Waals surface area contributed by atoms with Crippen LogP contribution in [0.1, 0.15) is 0 Å². The minimum atomic E-state index is -0.192. The van der Waals surface area contributed by atoms with Gasteiger partial charge in [-0.15, -0.1) is 0 Å². The van der Waals surface area contributed by atoms with Crippen LogP contribution in [0.4, 0.5) is 0 Å². The van der Waals surface area contributed by atoms with Crippen molar-refractivity contribution >= 4 is 22.6 Å². The van der Waals surface area contributed by atoms with E-state index >= 15 is 0 Å². The summed E-state index contributed by atoms with van der Waals surface area (Å²) >= 11 is 5.75. The summed E-state index contributed by atoms with van der Waals surface area (Å²) in [5.41, 5.74) is 1.24. The van der Waals surface area contributed by atoms with E-state index in [1.165, 1.54) is 12.1 Å². The molecule has 0 aliphatic rings. The average molecular weight is 199 g/mol. The van der Waals surface area contributed by atoms with E-state index in [9.17, 15) is 10.2 Å². The number of aryl methyl sites for hydroxylation is 1. The van der Waals surface area contributed by atoms with Crippen LogP contribution in [-0.4, -0.2) is 19.8 Å². The largest absolute Gasteiger partial charge is 0.504 e. The number of halogens is 1. The Bertz CT molecular complexity index is 478. The smallest absolute Gasteiger partial charge is 0.203 e. The summed E-state index contributed by atoms with van der Waals surface area (Å²) in [5, 5.41) is 18.7. The van der Waals surface area contributed by atoms with Crippen molar-refractivity contribution in [3.63, 3.8) is 0 Å². The average Bonchev–Trinajstić information content (AvgIpc) is 2.32. The van der Waals surface area contributed by atoms with Crippen molar-refractivity contribution in [2.24, 2.45) is 7.05 Å². The minimum Gasteiger partial charge on any atom is -0.504 e. The molecule has 0 bridgehead atoms. The van der Waals surface area contributed by atoms with Gasteiger partial charge >= 0.3 is 0 Å². The maximum Gasteiger partial charge on any atom is 0.203 e. The number of aromatic nitrogens is 2. The van der Waals surface area contributed by atoms with E-state index in [1.54, 1.807) is 11.6 Å². The molecular formula is C8H7ClN2O2. The second-order valence-electron chi connectivity index (χ2n) is 2.77. The van der Waals surface area contributed by atoms with Crippen molar-refractivity contribution in [1.82, 2.24) is 9.55 Å². The van der Waals surface area contributed by atoms with Gasteiger partial charge in [0.1, 0.15) is 0 Å². The fraction of sp³-hybridized carbons (Fsp3) is 0.125. The second kappa shape index (κ2) is 2.53. The fourth-order valence-electron chi connectivity index (χ4n) is 1.19. The van der Waals surface area contributed by atoms with E-state index in [1.807, 2.05) is 0 Å². The predicted molar refractivity (Wildman–Crippen MR) is 49.1 cm³/mol. The lowest BCUT2D eigenvalue weighted by molar-refractivity contribution is 0.404. The minimum absolute atomic E-state index is 0.174. The Labute approximate surface area is 79.0 Å². The zero-order valence-electron chi connectivity index (χ0n) is 6.82. The summed E-state index contributed by atoms with van der Waals surface area (Å²) in [6, 6.07) is 2.79. The zero-order valence-corrected chi connectivity index (χ0v) is 7.58. The van der Waals surface area contributed by atoms with Gasteiger partial charge in [-0.25, -0.2) is 4.98 Å². The Kier molecular flexibility index (Phi) is 1.60. The summed E-state index contributed by atoms with van der Waals surface area (Å²) < 4.78 is 1.62. The van der Waals surface area contributed by atoms with E-state index < -0.39 is 0 Å². The van der Waals surface area contributed by atoms with Gasteiger partial charge in [-0.2, -0.15) is 0 Å². The van der Waals surface area contributed by atoms with Crippen LogP contribution in [0.15, 0.2) is 12.1 Å². The summed E-state index contributed by atoms with van der Waals surface area (Å²) in [6.45, 7) is 0. The van der Waals surface area contributed by atoms with E-state index in [0.717, 1.165) is 0 Å². The molecule has 1 heterocycles. The quantitative estimate of drug-likeness (QED) is 0.633. The van der Waals surface area contributed by atoms with Gasteiger partial charge in [0, 0.05) is 19.2 Å². The van der Waals surface area contributed by atoms with Crippen LogP contribution in [-0.2, 0) is 7.05 Å². The van der Waals surface area contributed by atoms with Crippen LogP contribution in [0.3, 0.4) is 0 Å². The first-order valence-electron chi connectivity index (χ1n) is 3.63. The number of hydrogen-bond acceptors (Lipinski definition) is 3. The van der Waals surface area contributed by atoms with E-state index in [0.29, 0.717) is 16.3 Å². The zero-order chi connectivity index (χ0) is 9.59. The highest BCUT2D eigenvalue weighted by atomic mass is 35.5. The van der Waals surface area contributed by atoms with E-state index in [2.05, 4.69) is 4.98 Å². The molecule has 0 spiro atoms. The lowest BCUT2D eigenvalue weighted by Crippen LogP contribution is -1.85. The van der Waals surface area contributed by atoms with Crippen LogP contribution in [0.2, 0.25) is 5.28 Å². The van der Waals surface area contributed by atoms with Gasteiger partial charge in [0.05, 0.1) is 11.0 Å². The molecule has 1 aromatic heterocycles. The molecule has 0 aliphatic heterocycles. The van der Waals surface area contributed by atoms with Crippen LogP contribution < -0.4 is 0 Å². The number of benzene rings is 1. The Morgan fingerprint density at radius 1 is 1.31 bits per heavy atom. The Morgan fingerprint density at radius 2 is 1.92 bits per heavy atom. The summed E-state index contributed by atoms with van der Waals surface area (Å²) in [4.78, 5) is 3.97. The third-order valence-electron chi connectivity index (χ3n) is 1.92. The Balaban J connectivity index is 2.89. The number of phenols is 2. The fourth-order valence-corrected chi connectivity index (χ4v) is 1.37. The lowest BCUT2D eigenvalue weighted by Gasteiger charge is -1.98. The second-order valence-corrected chi connectivity index (χ2v) is 3.11. The third kappa shape index (κ3) is 1.10. The van der Waals surface area contributed by atoms with Gasteiger partial charge in [0.25, 0.3) is 0 Å². The number of aromatic hydroxyl groups is 2. The van der Waals surface area contributed by atoms with Gasteiger partial charge in [0.2, 0.25) is 5.28 Å². The van der Waals surface area contributed by atoms with E-state index in [-0.39, 0.29) is 11.5 Å². The monoisotopic (exact) mass is 198 g/mol. The lowest BCUT2D eigenvalue weighted by atomic mass is 10.3. The van der Waals surface area contributed by atoms with Crippen molar-refractivity contribution in [2.45, 2.75) is 0 Å². The molecule has 68 valence electrons. The molecule has 0 saturated carbocycles. The molecule has 0 saturated heterocycles. The molecule has 0 atom stereocenters. The Morgan fingerprint density at radius 3 is 2.62 bits per heavy atom. The number of imidazole rings is 1. The van der Waals surface area contributed by atoms with Crippen LogP contribution in [0.25, 0.3) is 11.0 Å². The molecule has 0 fully saturated rings. The first kappa shape index (κ1) is 8.19. The highest BCUT2D eigenvalue weighted by Crippen LogP contribution is 2.30. The number of phenolic OH excluding ortho intramolecular Hbond substituents is 2. The van der Waals surface area contributed by atoms with E-state index in [4.69, 9.17) is 11.6 Å². The topological polar surface area (TPSA) is 58.3 Å². The molecule has 5 heteroatoms. The molecule has 0 unspecified atom stereocenters. The Hall–Kier alpha value is -1.42. The first-order valence-corrected chi connectivity index (χ1v) is 4.01. The number of rotatable bonds is 0. The SMILES string of the molecule is Cn1c(Cl)nc2cc(O)c(O)cc21. The molecule has 1 aromatic carbocycles. The molecule has 4 nitrogen and oxygen atoms in total. The predicted octanol–water partition coefficient (Wildman–Crippen LogP) is 1.64. The standard InChI is InChI=1S/C8H7ClN2O2/c1-11-5-3-7(13)6(12)2-4(5)10-8(11)9/h2-3,12-13H,1H3. The van der Waals surface area contributed by atoms with Crippen LogP contribution in [0.5, 0.6) is 11.5 Å². The molecular weight excluding hydrogens is 192 g/mol. The van der Waals surface area contributed by atoms with Crippen LogP contribution >= 0.6 is 11.6 Å². The van der Waals surface area contributed by atoms with Gasteiger partial charge in [0.15, 0.2) is 11.5 Å². The third-order valence-corrected chi connectivity index (χ3v) is 2.26. The van der Waals surface area contributed by atoms with Gasteiger partial charge in [-0.3, -0.25) is 0 Å². The summed E-state index contributed by atoms with van der Waals surface area (Å²) in [7, 11) is 1.73. The molecule has 13 heavy (non-hydrogen) atoms. The maximum atomic E-state index is 9.22. The molecule has 2 aromatic rings. The normalized spacial score (nSPS) is 10.9.